The van der Waals surface area contributed by atoms with Crippen LogP contribution in [0.5, 0.6) is 0 Å². The van der Waals surface area contributed by atoms with Crippen molar-refractivity contribution in [3.8, 4) is 32.8 Å². The molecule has 12 heteroatoms. The lowest BCUT2D eigenvalue weighted by atomic mass is 9.99. The molecule has 0 N–H and O–H groups in total. The predicted octanol–water partition coefficient (Wildman–Crippen LogP) is 8.78. The molecule has 0 saturated heterocycles. The summed E-state index contributed by atoms with van der Waals surface area (Å²) in [6.07, 6.45) is 0. The number of nitrogens with zero attached hydrogens (tertiary/aromatic N) is 8. The largest absolute Gasteiger partial charge is 0.304 e. The van der Waals surface area contributed by atoms with Crippen molar-refractivity contribution in [2.45, 2.75) is 39.3 Å². The van der Waals surface area contributed by atoms with E-state index in [9.17, 15) is 0 Å². The van der Waals surface area contributed by atoms with Gasteiger partial charge in [-0.15, -0.1) is 11.3 Å². The van der Waals surface area contributed by atoms with Crippen LogP contribution >= 0.6 is 11.3 Å². The Morgan fingerprint density at radius 2 is 0.966 bits per heavy atom. The maximum atomic E-state index is 5.50. The number of benzene rings is 7. The zero-order chi connectivity index (χ0) is 40.3. The van der Waals surface area contributed by atoms with Crippen molar-refractivity contribution in [3.63, 3.8) is 0 Å². The van der Waals surface area contributed by atoms with E-state index in [0.717, 1.165) is 87.5 Å². The summed E-state index contributed by atoms with van der Waals surface area (Å²) >= 11 is 1.72. The van der Waals surface area contributed by atoms with Gasteiger partial charge in [-0.25, -0.2) is 4.98 Å². The minimum absolute atomic E-state index is 0.900. The molecule has 59 heavy (non-hydrogen) atoms. The van der Waals surface area contributed by atoms with Crippen LogP contribution in [0.15, 0.2) is 161 Å². The zero-order valence-electron chi connectivity index (χ0n) is 33.7. The molecule has 0 amide bonds. The standard InChI is InChI=1S/C47H40N8SSi3/c1-57(2)49-37-15-11-16-38(44(37)52-57)55(40-27-25-35(43-46(40)54-59(5,6)51-43)33-23-18-29-12-7-8-13-32(29)28-33)39-26-24-34(42-45(39)53-58(3,4)50-42)30-19-21-31(22-20-30)47-48-36-14-9-10-17-41(36)56-47/h7-28H,1-6H3. The van der Waals surface area contributed by atoms with Crippen LogP contribution in [0.1, 0.15) is 0 Å². The Labute approximate surface area is 348 Å². The Balaban J connectivity index is 1.13. The van der Waals surface area contributed by atoms with E-state index in [2.05, 4.69) is 172 Å². The summed E-state index contributed by atoms with van der Waals surface area (Å²) in [7, 11) is -6.99. The van der Waals surface area contributed by atoms with Gasteiger partial charge in [-0.3, -0.25) is 27.9 Å². The van der Waals surface area contributed by atoms with Gasteiger partial charge in [-0.05, 0) is 104 Å². The maximum Gasteiger partial charge on any atom is 0.298 e. The summed E-state index contributed by atoms with van der Waals surface area (Å²) in [5.41, 5.74) is 9.39. The monoisotopic (exact) mass is 832 g/mol. The summed E-state index contributed by atoms with van der Waals surface area (Å²) in [5, 5.41) is 8.97. The van der Waals surface area contributed by atoms with Crippen LogP contribution in [0.4, 0.5) is 17.1 Å². The van der Waals surface area contributed by atoms with Crippen LogP contribution in [-0.2, 0) is 0 Å². The van der Waals surface area contributed by atoms with E-state index < -0.39 is 25.2 Å². The minimum atomic E-state index is -2.39. The molecular weight excluding hydrogens is 793 g/mol. The van der Waals surface area contributed by atoms with E-state index in [4.69, 9.17) is 32.9 Å². The molecule has 7 aromatic carbocycles. The molecule has 3 aliphatic rings. The highest BCUT2D eigenvalue weighted by molar-refractivity contribution is 7.21. The topological polar surface area (TPSA) is 90.3 Å². The van der Waals surface area contributed by atoms with Gasteiger partial charge in [0.1, 0.15) is 5.01 Å². The highest BCUT2D eigenvalue weighted by Gasteiger charge is 2.33. The molecule has 0 radical (unpaired) electrons. The maximum absolute atomic E-state index is 5.50. The lowest BCUT2D eigenvalue weighted by Crippen LogP contribution is -2.38. The van der Waals surface area contributed by atoms with E-state index in [0.29, 0.717) is 0 Å². The Kier molecular flexibility index (Phi) is 7.93. The number of para-hydroxylation sites is 1. The Hall–Kier alpha value is -6.06. The lowest BCUT2D eigenvalue weighted by Gasteiger charge is -2.26. The van der Waals surface area contributed by atoms with E-state index in [1.807, 2.05) is 6.07 Å². The predicted molar refractivity (Wildman–Crippen MR) is 247 cm³/mol. The molecule has 0 bridgehead atoms. The van der Waals surface area contributed by atoms with E-state index in [1.165, 1.54) is 15.5 Å². The number of rotatable bonds is 6. The van der Waals surface area contributed by atoms with Gasteiger partial charge in [0.15, 0.2) is 0 Å². The molecule has 0 saturated carbocycles. The summed E-state index contributed by atoms with van der Waals surface area (Å²) in [4.78, 5) is 7.25. The molecule has 3 aliphatic heterocycles. The third-order valence-electron chi connectivity index (χ3n) is 11.1. The third kappa shape index (κ3) is 6.17. The molecular formula is C47H40N8SSi3. The van der Waals surface area contributed by atoms with Gasteiger partial charge in [0, 0.05) is 16.7 Å². The summed E-state index contributed by atoms with van der Waals surface area (Å²) in [5.74, 6) is 0. The number of anilines is 3. The molecule has 286 valence electrons. The van der Waals surface area contributed by atoms with Gasteiger partial charge in [0.25, 0.3) is 25.2 Å². The first-order valence-corrected chi connectivity index (χ1v) is 29.5. The average molecular weight is 833 g/mol. The summed E-state index contributed by atoms with van der Waals surface area (Å²) in [6.45, 7) is 13.2. The lowest BCUT2D eigenvalue weighted by molar-refractivity contribution is 1.17. The van der Waals surface area contributed by atoms with Gasteiger partial charge >= 0.3 is 0 Å². The third-order valence-corrected chi connectivity index (χ3v) is 16.8. The highest BCUT2D eigenvalue weighted by Crippen LogP contribution is 2.34. The van der Waals surface area contributed by atoms with Crippen molar-refractivity contribution in [3.05, 3.63) is 166 Å². The second-order valence-electron chi connectivity index (χ2n) is 16.9. The van der Waals surface area contributed by atoms with Gasteiger partial charge in [0.2, 0.25) is 0 Å². The highest BCUT2D eigenvalue weighted by atomic mass is 32.1. The van der Waals surface area contributed by atoms with Gasteiger partial charge in [-0.2, -0.15) is 0 Å². The van der Waals surface area contributed by atoms with Crippen LogP contribution in [0, 0.1) is 0 Å². The second kappa shape index (κ2) is 13.0. The van der Waals surface area contributed by atoms with E-state index >= 15 is 0 Å². The fourth-order valence-corrected chi connectivity index (χ4v) is 14.3. The zero-order valence-corrected chi connectivity index (χ0v) is 37.5. The van der Waals surface area contributed by atoms with Crippen molar-refractivity contribution < 1.29 is 0 Å². The van der Waals surface area contributed by atoms with Crippen molar-refractivity contribution in [1.29, 1.82) is 0 Å². The fraction of sp³-hybridized carbons (Fsp3) is 0.128. The number of thiazole rings is 1. The van der Waals surface area contributed by atoms with Gasteiger partial charge in [-0.1, -0.05) is 91.0 Å². The number of hydrogen-bond donors (Lipinski definition) is 0. The Bertz CT molecular complexity index is 3480. The van der Waals surface area contributed by atoms with Crippen LogP contribution in [0.3, 0.4) is 0 Å². The summed E-state index contributed by atoms with van der Waals surface area (Å²) in [6, 6.07) is 47.5. The van der Waals surface area contributed by atoms with Crippen molar-refractivity contribution in [2.24, 2.45) is 27.9 Å². The summed E-state index contributed by atoms with van der Waals surface area (Å²) < 4.78 is 33.5. The molecule has 0 unspecified atom stereocenters. The first-order valence-electron chi connectivity index (χ1n) is 20.0. The van der Waals surface area contributed by atoms with Crippen LogP contribution in [0.25, 0.3) is 53.8 Å². The van der Waals surface area contributed by atoms with E-state index in [1.54, 1.807) is 11.3 Å². The molecule has 11 rings (SSSR count). The van der Waals surface area contributed by atoms with Crippen LogP contribution < -0.4 is 37.0 Å². The fourth-order valence-electron chi connectivity index (χ4n) is 8.59. The molecule has 1 aromatic heterocycles. The van der Waals surface area contributed by atoms with Crippen molar-refractivity contribution in [1.82, 2.24) is 4.98 Å². The minimum Gasteiger partial charge on any atom is -0.304 e. The average Bonchev–Trinajstić information content (AvgIpc) is 3.97. The molecule has 4 heterocycles. The van der Waals surface area contributed by atoms with Crippen molar-refractivity contribution in [2.75, 3.05) is 4.90 Å². The Morgan fingerprint density at radius 3 is 1.66 bits per heavy atom. The normalized spacial score (nSPS) is 16.2. The first-order chi connectivity index (χ1) is 28.4. The van der Waals surface area contributed by atoms with Gasteiger partial charge in [0.05, 0.1) is 59.4 Å². The molecule has 0 fully saturated rings. The molecule has 0 atom stereocenters. The number of hydrogen-bond acceptors (Lipinski definition) is 9. The molecule has 0 spiro atoms. The molecule has 0 aliphatic carbocycles. The Morgan fingerprint density at radius 1 is 0.424 bits per heavy atom. The quantitative estimate of drug-likeness (QED) is 0.157. The van der Waals surface area contributed by atoms with E-state index in [-0.39, 0.29) is 0 Å². The van der Waals surface area contributed by atoms with Crippen LogP contribution in [0.2, 0.25) is 39.3 Å². The smallest absolute Gasteiger partial charge is 0.298 e. The molecule has 8 nitrogen and oxygen atoms in total. The first kappa shape index (κ1) is 36.1. The second-order valence-corrected chi connectivity index (χ2v) is 28.3. The van der Waals surface area contributed by atoms with Crippen LogP contribution in [-0.4, -0.2) is 30.2 Å². The number of fused-ring (bicyclic) bond motifs is 5. The van der Waals surface area contributed by atoms with Crippen molar-refractivity contribution >= 4 is 74.6 Å². The van der Waals surface area contributed by atoms with Gasteiger partial charge < -0.3 is 4.90 Å². The number of aromatic nitrogens is 1. The SMILES string of the molecule is C[Si]1(C)N=c2cccc(N(c3ccc(-c4ccc(-c5nc6ccccc6s5)cc4)c4c3=N[Si](C)(C)N=4)c3ccc(-c4ccc5ccccc5c4)c4c3=N[Si](C)(C)N=4)c2=N1. The molecule has 8 aromatic rings.